The fourth-order valence-corrected chi connectivity index (χ4v) is 1.51. The summed E-state index contributed by atoms with van der Waals surface area (Å²) in [5.74, 6) is 0.112. The second-order valence-corrected chi connectivity index (χ2v) is 4.00. The van der Waals surface area contributed by atoms with Crippen molar-refractivity contribution in [3.8, 4) is 0 Å². The lowest BCUT2D eigenvalue weighted by atomic mass is 10.4. The van der Waals surface area contributed by atoms with Gasteiger partial charge in [0.15, 0.2) is 0 Å². The Kier molecular flexibility index (Phi) is 4.24. The number of nitro groups is 1. The van der Waals surface area contributed by atoms with Gasteiger partial charge in [-0.05, 0) is 13.8 Å². The molecule has 1 N–H and O–H groups in total. The zero-order chi connectivity index (χ0) is 13.9. The molecule has 0 saturated carbocycles. The van der Waals surface area contributed by atoms with Gasteiger partial charge >= 0.3 is 5.69 Å². The highest BCUT2D eigenvalue weighted by Crippen LogP contribution is 2.27. The van der Waals surface area contributed by atoms with Crippen LogP contribution in [0.25, 0.3) is 0 Å². The van der Waals surface area contributed by atoms with Crippen LogP contribution < -0.4 is 5.32 Å². The van der Waals surface area contributed by atoms with Crippen molar-refractivity contribution in [2.24, 2.45) is 0 Å². The van der Waals surface area contributed by atoms with E-state index < -0.39 is 4.92 Å². The summed E-state index contributed by atoms with van der Waals surface area (Å²) in [5.41, 5.74) is 0.255. The molecule has 1 rings (SSSR count). The van der Waals surface area contributed by atoms with Gasteiger partial charge in [0.1, 0.15) is 5.69 Å². The maximum atomic E-state index is 11.5. The van der Waals surface area contributed by atoms with Crippen LogP contribution in [0.4, 0.5) is 11.5 Å². The molecular weight excluding hydrogens is 238 g/mol. The van der Waals surface area contributed by atoms with E-state index in [0.29, 0.717) is 12.2 Å². The first-order valence-electron chi connectivity index (χ1n) is 5.54. The molecule has 1 amide bonds. The molecule has 0 saturated heterocycles. The minimum atomic E-state index is -0.489. The highest BCUT2D eigenvalue weighted by atomic mass is 16.6. The summed E-state index contributed by atoms with van der Waals surface area (Å²) < 4.78 is 1.48. The van der Waals surface area contributed by atoms with Crippen molar-refractivity contribution in [3.63, 3.8) is 0 Å². The number of anilines is 1. The van der Waals surface area contributed by atoms with E-state index in [2.05, 4.69) is 10.4 Å². The Morgan fingerprint density at radius 2 is 2.17 bits per heavy atom. The van der Waals surface area contributed by atoms with Crippen LogP contribution in [0.2, 0.25) is 0 Å². The Balaban J connectivity index is 2.99. The molecule has 0 radical (unpaired) electrons. The number of hydrogen-bond acceptors (Lipinski definition) is 5. The predicted molar refractivity (Wildman–Crippen MR) is 66.5 cm³/mol. The van der Waals surface area contributed by atoms with E-state index in [0.717, 1.165) is 0 Å². The Bertz CT molecular complexity index is 466. The molecule has 0 aliphatic rings. The van der Waals surface area contributed by atoms with Gasteiger partial charge in [0, 0.05) is 20.6 Å². The molecule has 0 unspecified atom stereocenters. The van der Waals surface area contributed by atoms with E-state index >= 15 is 0 Å². The van der Waals surface area contributed by atoms with Crippen molar-refractivity contribution in [1.82, 2.24) is 14.7 Å². The maximum absolute atomic E-state index is 11.5. The summed E-state index contributed by atoms with van der Waals surface area (Å²) in [5, 5.41) is 17.8. The fraction of sp³-hybridized carbons (Fsp3) is 0.600. The van der Waals surface area contributed by atoms with Crippen LogP contribution >= 0.6 is 0 Å². The van der Waals surface area contributed by atoms with E-state index in [1.165, 1.54) is 9.58 Å². The smallest absolute Gasteiger partial charge is 0.333 e. The zero-order valence-corrected chi connectivity index (χ0v) is 10.9. The summed E-state index contributed by atoms with van der Waals surface area (Å²) in [4.78, 5) is 23.4. The topological polar surface area (TPSA) is 93.3 Å². The zero-order valence-electron chi connectivity index (χ0n) is 10.9. The van der Waals surface area contributed by atoms with E-state index in [1.54, 1.807) is 21.0 Å². The third-order valence-electron chi connectivity index (χ3n) is 2.48. The first-order valence-corrected chi connectivity index (χ1v) is 5.54. The largest absolute Gasteiger partial charge is 0.355 e. The highest BCUT2D eigenvalue weighted by Gasteiger charge is 2.25. The van der Waals surface area contributed by atoms with E-state index in [9.17, 15) is 14.9 Å². The van der Waals surface area contributed by atoms with Crippen LogP contribution in [-0.4, -0.2) is 46.2 Å². The predicted octanol–water partition coefficient (Wildman–Crippen LogP) is 0.620. The van der Waals surface area contributed by atoms with Crippen molar-refractivity contribution < 1.29 is 9.72 Å². The monoisotopic (exact) mass is 255 g/mol. The number of amides is 1. The molecule has 0 fully saturated rings. The third-order valence-corrected chi connectivity index (χ3v) is 2.48. The second-order valence-electron chi connectivity index (χ2n) is 4.00. The summed E-state index contributed by atoms with van der Waals surface area (Å²) in [7, 11) is 3.25. The van der Waals surface area contributed by atoms with E-state index in [4.69, 9.17) is 0 Å². The summed E-state index contributed by atoms with van der Waals surface area (Å²) in [6.45, 7) is 3.89. The van der Waals surface area contributed by atoms with Crippen molar-refractivity contribution in [1.29, 1.82) is 0 Å². The minimum absolute atomic E-state index is 0.00102. The molecule has 0 atom stereocenters. The number of carbonyl (C=O) groups is 1. The molecule has 0 aliphatic heterocycles. The number of nitrogens with one attached hydrogen (secondary N) is 1. The van der Waals surface area contributed by atoms with E-state index in [1.807, 2.05) is 6.92 Å². The highest BCUT2D eigenvalue weighted by molar-refractivity contribution is 5.81. The van der Waals surface area contributed by atoms with Crippen molar-refractivity contribution in [2.45, 2.75) is 20.4 Å². The number of carbonyl (C=O) groups excluding carboxylic acids is 1. The van der Waals surface area contributed by atoms with E-state index in [-0.39, 0.29) is 24.0 Å². The molecule has 1 heterocycles. The number of likely N-dealkylation sites (N-methyl/N-ethyl adjacent to an activating group) is 1. The molecule has 0 aromatic carbocycles. The molecule has 0 aliphatic carbocycles. The number of aryl methyl sites for hydroxylation is 2. The first kappa shape index (κ1) is 13.9. The summed E-state index contributed by atoms with van der Waals surface area (Å²) in [6.07, 6.45) is 0. The van der Waals surface area contributed by atoms with Gasteiger partial charge in [-0.2, -0.15) is 5.10 Å². The second kappa shape index (κ2) is 5.48. The molecule has 1 aromatic rings. The maximum Gasteiger partial charge on any atom is 0.333 e. The van der Waals surface area contributed by atoms with Crippen LogP contribution in [0.5, 0.6) is 0 Å². The molecular formula is C10H17N5O3. The van der Waals surface area contributed by atoms with Crippen LogP contribution in [-0.2, 0) is 11.3 Å². The van der Waals surface area contributed by atoms with Crippen molar-refractivity contribution in [2.75, 3.05) is 26.0 Å². The van der Waals surface area contributed by atoms with Gasteiger partial charge in [0.25, 0.3) is 0 Å². The lowest BCUT2D eigenvalue weighted by Crippen LogP contribution is -2.29. The van der Waals surface area contributed by atoms with Crippen LogP contribution in [0.15, 0.2) is 0 Å². The fourth-order valence-electron chi connectivity index (χ4n) is 1.51. The molecule has 8 heteroatoms. The molecule has 0 bridgehead atoms. The van der Waals surface area contributed by atoms with Gasteiger partial charge in [-0.25, -0.2) is 4.68 Å². The van der Waals surface area contributed by atoms with Crippen molar-refractivity contribution in [3.05, 3.63) is 15.8 Å². The number of rotatable bonds is 5. The standard InChI is InChI=1S/C10H17N5O3/c1-5-14-10(11-6-8(16)13(3)4)9(15(17)18)7(2)12-14/h11H,5-6H2,1-4H3. The number of aromatic nitrogens is 2. The summed E-state index contributed by atoms with van der Waals surface area (Å²) in [6, 6.07) is 0. The normalized spacial score (nSPS) is 10.2. The molecule has 1 aromatic heterocycles. The molecule has 18 heavy (non-hydrogen) atoms. The van der Waals surface area contributed by atoms with Gasteiger partial charge < -0.3 is 10.2 Å². The Morgan fingerprint density at radius 1 is 1.56 bits per heavy atom. The Labute approximate surface area is 105 Å². The number of hydrogen-bond donors (Lipinski definition) is 1. The molecule has 100 valence electrons. The van der Waals surface area contributed by atoms with Gasteiger partial charge in [-0.1, -0.05) is 0 Å². The van der Waals surface area contributed by atoms with Gasteiger partial charge in [0.2, 0.25) is 11.7 Å². The first-order chi connectivity index (χ1) is 8.38. The lowest BCUT2D eigenvalue weighted by molar-refractivity contribution is -0.384. The molecule has 8 nitrogen and oxygen atoms in total. The van der Waals surface area contributed by atoms with Gasteiger partial charge in [-0.15, -0.1) is 0 Å². The van der Waals surface area contributed by atoms with Crippen molar-refractivity contribution >= 4 is 17.4 Å². The van der Waals surface area contributed by atoms with Crippen LogP contribution in [0.3, 0.4) is 0 Å². The Hall–Kier alpha value is -2.12. The van der Waals surface area contributed by atoms with Gasteiger partial charge in [-0.3, -0.25) is 14.9 Å². The Morgan fingerprint density at radius 3 is 2.61 bits per heavy atom. The number of nitrogens with zero attached hydrogens (tertiary/aromatic N) is 4. The third kappa shape index (κ3) is 2.76. The lowest BCUT2D eigenvalue weighted by Gasteiger charge is -2.11. The summed E-state index contributed by atoms with van der Waals surface area (Å²) >= 11 is 0. The minimum Gasteiger partial charge on any atom is -0.355 e. The average molecular weight is 255 g/mol. The molecule has 0 spiro atoms. The van der Waals surface area contributed by atoms with Crippen LogP contribution in [0.1, 0.15) is 12.6 Å². The van der Waals surface area contributed by atoms with Crippen LogP contribution in [0, 0.1) is 17.0 Å². The SMILES string of the molecule is CCn1nc(C)c([N+](=O)[O-])c1NCC(=O)N(C)C. The average Bonchev–Trinajstić information content (AvgIpc) is 2.61. The quantitative estimate of drug-likeness (QED) is 0.615. The van der Waals surface area contributed by atoms with Gasteiger partial charge in [0.05, 0.1) is 11.5 Å².